The van der Waals surface area contributed by atoms with E-state index in [-0.39, 0.29) is 17.6 Å². The first kappa shape index (κ1) is 26.1. The Kier molecular flexibility index (Phi) is 6.88. The third-order valence-electron chi connectivity index (χ3n) is 7.40. The molecule has 5 aromatic rings. The summed E-state index contributed by atoms with van der Waals surface area (Å²) < 4.78 is 23.1. The normalized spacial score (nSPS) is 13.9. The van der Waals surface area contributed by atoms with Gasteiger partial charge in [-0.1, -0.05) is 6.58 Å². The van der Waals surface area contributed by atoms with Gasteiger partial charge in [0.2, 0.25) is 5.91 Å². The maximum Gasteiger partial charge on any atom is 0.245 e. The minimum Gasteiger partial charge on any atom is -0.457 e. The van der Waals surface area contributed by atoms with E-state index >= 15 is 4.39 Å². The number of pyridine rings is 2. The molecule has 1 amide bonds. The molecule has 0 saturated carbocycles. The van der Waals surface area contributed by atoms with E-state index in [4.69, 9.17) is 9.72 Å². The van der Waals surface area contributed by atoms with Crippen LogP contribution in [0.2, 0.25) is 0 Å². The molecular formula is C29H28FN9O2. The predicted molar refractivity (Wildman–Crippen MR) is 153 cm³/mol. The highest BCUT2D eigenvalue weighted by atomic mass is 19.1. The van der Waals surface area contributed by atoms with Crippen LogP contribution in [0.4, 0.5) is 21.7 Å². The molecule has 1 saturated heterocycles. The van der Waals surface area contributed by atoms with Gasteiger partial charge in [0.1, 0.15) is 35.5 Å². The van der Waals surface area contributed by atoms with E-state index in [1.807, 2.05) is 24.1 Å². The molecular weight excluding hydrogens is 525 g/mol. The Morgan fingerprint density at radius 3 is 2.78 bits per heavy atom. The number of fused-ring (bicyclic) bond motifs is 2. The summed E-state index contributed by atoms with van der Waals surface area (Å²) in [5.74, 6) is 1.53. The third kappa shape index (κ3) is 5.11. The summed E-state index contributed by atoms with van der Waals surface area (Å²) in [6, 6.07) is 10.8. The number of amides is 1. The highest BCUT2D eigenvalue weighted by Crippen LogP contribution is 2.33. The molecule has 0 spiro atoms. The number of likely N-dealkylation sites (tertiary alicyclic amines) is 1. The molecule has 208 valence electrons. The lowest BCUT2D eigenvalue weighted by Gasteiger charge is -2.37. The van der Waals surface area contributed by atoms with Crippen LogP contribution in [0.25, 0.3) is 16.7 Å². The number of carbonyl (C=O) groups excluding carboxylic acids is 1. The summed E-state index contributed by atoms with van der Waals surface area (Å²) in [6.45, 7) is 6.56. The zero-order chi connectivity index (χ0) is 28.5. The fourth-order valence-electron chi connectivity index (χ4n) is 5.00. The van der Waals surface area contributed by atoms with Gasteiger partial charge in [0, 0.05) is 44.0 Å². The summed E-state index contributed by atoms with van der Waals surface area (Å²) in [5.41, 5.74) is 2.36. The second-order valence-electron chi connectivity index (χ2n) is 9.83. The monoisotopic (exact) mass is 553 g/mol. The number of aromatic nitrogens is 6. The largest absolute Gasteiger partial charge is 0.457 e. The van der Waals surface area contributed by atoms with Crippen molar-refractivity contribution in [3.05, 3.63) is 79.3 Å². The number of piperidine rings is 1. The average molecular weight is 554 g/mol. The Balaban J connectivity index is 1.22. The van der Waals surface area contributed by atoms with E-state index < -0.39 is 5.82 Å². The van der Waals surface area contributed by atoms with Crippen molar-refractivity contribution in [2.24, 2.45) is 0 Å². The minimum absolute atomic E-state index is 0.0433. The van der Waals surface area contributed by atoms with Gasteiger partial charge < -0.3 is 19.9 Å². The van der Waals surface area contributed by atoms with Crippen LogP contribution in [-0.2, 0) is 4.79 Å². The molecule has 6 rings (SSSR count). The second-order valence-corrected chi connectivity index (χ2v) is 9.83. The fourth-order valence-corrected chi connectivity index (χ4v) is 5.00. The van der Waals surface area contributed by atoms with Crippen LogP contribution >= 0.6 is 0 Å². The molecule has 4 aromatic heterocycles. The lowest BCUT2D eigenvalue weighted by atomic mass is 10.0. The van der Waals surface area contributed by atoms with Crippen LogP contribution in [0.5, 0.6) is 11.5 Å². The fraction of sp³-hybridized carbons (Fsp3) is 0.241. The molecule has 11 nitrogen and oxygen atoms in total. The first-order valence-electron chi connectivity index (χ1n) is 13.2. The van der Waals surface area contributed by atoms with Gasteiger partial charge in [0.25, 0.3) is 0 Å². The van der Waals surface area contributed by atoms with Crippen molar-refractivity contribution in [1.29, 1.82) is 0 Å². The third-order valence-corrected chi connectivity index (χ3v) is 7.40. The van der Waals surface area contributed by atoms with Gasteiger partial charge in [0.05, 0.1) is 11.2 Å². The van der Waals surface area contributed by atoms with Gasteiger partial charge in [-0.05, 0) is 56.2 Å². The lowest BCUT2D eigenvalue weighted by molar-refractivity contribution is -0.127. The molecule has 1 fully saturated rings. The van der Waals surface area contributed by atoms with Gasteiger partial charge in [-0.3, -0.25) is 4.79 Å². The molecule has 1 aliphatic rings. The van der Waals surface area contributed by atoms with E-state index in [1.165, 1.54) is 18.7 Å². The standard InChI is InChI=1S/C29H28FN9O2/c1-4-26(40)38-12-9-19(10-13-38)37(3)24-8-6-22-28(36-24)29(33-16-31-22)35-21-5-7-23(18(2)27(21)30)41-20-11-14-39-25(15-20)32-17-34-39/h4-8,11,14-17,19H,1,9-10,12-13H2,2-3H3,(H,31,33,35). The quantitative estimate of drug-likeness (QED) is 0.287. The highest BCUT2D eigenvalue weighted by molar-refractivity contribution is 5.88. The highest BCUT2D eigenvalue weighted by Gasteiger charge is 2.25. The van der Waals surface area contributed by atoms with Gasteiger partial charge >= 0.3 is 0 Å². The van der Waals surface area contributed by atoms with E-state index in [0.29, 0.717) is 52.7 Å². The lowest BCUT2D eigenvalue weighted by Crippen LogP contribution is -2.45. The van der Waals surface area contributed by atoms with Crippen LogP contribution in [0.3, 0.4) is 0 Å². The van der Waals surface area contributed by atoms with Crippen molar-refractivity contribution in [2.75, 3.05) is 30.4 Å². The number of anilines is 3. The van der Waals surface area contributed by atoms with Crippen LogP contribution in [0, 0.1) is 12.7 Å². The van der Waals surface area contributed by atoms with E-state index in [2.05, 4.69) is 36.8 Å². The molecule has 0 atom stereocenters. The van der Waals surface area contributed by atoms with Crippen molar-refractivity contribution in [1.82, 2.24) is 34.4 Å². The van der Waals surface area contributed by atoms with Crippen LogP contribution in [0.1, 0.15) is 18.4 Å². The predicted octanol–water partition coefficient (Wildman–Crippen LogP) is 4.66. The Morgan fingerprint density at radius 2 is 1.98 bits per heavy atom. The zero-order valence-corrected chi connectivity index (χ0v) is 22.7. The van der Waals surface area contributed by atoms with Crippen molar-refractivity contribution in [2.45, 2.75) is 25.8 Å². The van der Waals surface area contributed by atoms with Crippen molar-refractivity contribution < 1.29 is 13.9 Å². The Labute approximate surface area is 235 Å². The van der Waals surface area contributed by atoms with Gasteiger partial charge in [-0.2, -0.15) is 5.10 Å². The average Bonchev–Trinajstić information content (AvgIpc) is 3.48. The first-order valence-corrected chi connectivity index (χ1v) is 13.2. The van der Waals surface area contributed by atoms with Gasteiger partial charge in [-0.15, -0.1) is 0 Å². The van der Waals surface area contributed by atoms with Crippen molar-refractivity contribution in [3.63, 3.8) is 0 Å². The zero-order valence-electron chi connectivity index (χ0n) is 22.7. The SMILES string of the molecule is C=CC(=O)N1CCC(N(C)c2ccc3ncnc(Nc4ccc(Oc5ccn6ncnc6c5)c(C)c4F)c3n2)CC1. The number of hydrogen-bond donors (Lipinski definition) is 1. The molecule has 5 heterocycles. The molecule has 0 radical (unpaired) electrons. The summed E-state index contributed by atoms with van der Waals surface area (Å²) >= 11 is 0. The molecule has 1 aromatic carbocycles. The summed E-state index contributed by atoms with van der Waals surface area (Å²) in [5, 5.41) is 7.17. The van der Waals surface area contributed by atoms with Crippen molar-refractivity contribution in [3.8, 4) is 11.5 Å². The van der Waals surface area contributed by atoms with E-state index in [1.54, 1.807) is 41.9 Å². The molecule has 41 heavy (non-hydrogen) atoms. The maximum absolute atomic E-state index is 15.5. The molecule has 1 N–H and O–H groups in total. The number of ether oxygens (including phenoxy) is 1. The molecule has 12 heteroatoms. The minimum atomic E-state index is -0.466. The van der Waals surface area contributed by atoms with E-state index in [0.717, 1.165) is 18.7 Å². The molecule has 1 aliphatic heterocycles. The first-order chi connectivity index (χ1) is 19.9. The number of rotatable bonds is 7. The number of benzene rings is 1. The topological polar surface area (TPSA) is 114 Å². The number of halogens is 1. The van der Waals surface area contributed by atoms with E-state index in [9.17, 15) is 4.79 Å². The van der Waals surface area contributed by atoms with Gasteiger partial charge in [-0.25, -0.2) is 28.8 Å². The van der Waals surface area contributed by atoms with Crippen LogP contribution < -0.4 is 15.0 Å². The van der Waals surface area contributed by atoms with Crippen molar-refractivity contribution >= 4 is 39.9 Å². The summed E-state index contributed by atoms with van der Waals surface area (Å²) in [7, 11) is 1.99. The Bertz CT molecular complexity index is 1760. The maximum atomic E-state index is 15.5. The Hall–Kier alpha value is -5.13. The summed E-state index contributed by atoms with van der Waals surface area (Å²) in [6.07, 6.45) is 7.59. The smallest absolute Gasteiger partial charge is 0.245 e. The number of hydrogen-bond acceptors (Lipinski definition) is 9. The Morgan fingerprint density at radius 1 is 1.15 bits per heavy atom. The second kappa shape index (κ2) is 10.8. The number of carbonyl (C=O) groups is 1. The number of nitrogens with zero attached hydrogens (tertiary/aromatic N) is 8. The molecule has 0 bridgehead atoms. The summed E-state index contributed by atoms with van der Waals surface area (Å²) in [4.78, 5) is 33.6. The van der Waals surface area contributed by atoms with Crippen LogP contribution in [-0.4, -0.2) is 66.5 Å². The van der Waals surface area contributed by atoms with Gasteiger partial charge in [0.15, 0.2) is 17.3 Å². The molecule has 0 aliphatic carbocycles. The number of nitrogens with one attached hydrogen (secondary N) is 1. The van der Waals surface area contributed by atoms with Crippen LogP contribution in [0.15, 0.2) is 67.9 Å². The molecule has 0 unspecified atom stereocenters.